The maximum atomic E-state index is 12.2. The van der Waals surface area contributed by atoms with E-state index in [-0.39, 0.29) is 11.6 Å². The Bertz CT molecular complexity index is 1070. The highest BCUT2D eigenvalue weighted by Crippen LogP contribution is 2.33. The van der Waals surface area contributed by atoms with Gasteiger partial charge in [-0.25, -0.2) is 4.68 Å². The monoisotopic (exact) mass is 432 g/mol. The number of ether oxygens (including phenoxy) is 1. The van der Waals surface area contributed by atoms with Gasteiger partial charge in [0, 0.05) is 25.2 Å². The van der Waals surface area contributed by atoms with Crippen LogP contribution in [0.5, 0.6) is 11.5 Å². The fraction of sp³-hybridized carbons (Fsp3) is 0.292. The third-order valence-corrected chi connectivity index (χ3v) is 5.78. The van der Waals surface area contributed by atoms with Gasteiger partial charge in [-0.2, -0.15) is 5.10 Å². The van der Waals surface area contributed by atoms with Crippen molar-refractivity contribution < 1.29 is 9.53 Å². The van der Waals surface area contributed by atoms with Gasteiger partial charge in [-0.1, -0.05) is 18.2 Å². The number of piperidine rings is 1. The number of nitrogen functional groups attached to an aromatic ring is 1. The largest absolute Gasteiger partial charge is 0.457 e. The standard InChI is InChI=1S/C24H28N6O2/c1-27-13-16-29-14-11-18(12-15-29)30-23(25)21(24(26)31)22(28-30)17-7-9-20(10-8-17)32-19-5-3-2-4-6-19/h2-10,18H,1,11-16,25H2,(H2,26,31). The van der Waals surface area contributed by atoms with Gasteiger partial charge in [-0.05, 0) is 56.0 Å². The lowest BCUT2D eigenvalue weighted by atomic mass is 10.0. The number of hydrogen-bond acceptors (Lipinski definition) is 6. The smallest absolute Gasteiger partial charge is 0.254 e. The molecule has 32 heavy (non-hydrogen) atoms. The molecule has 0 atom stereocenters. The number of amides is 1. The molecule has 0 spiro atoms. The molecule has 2 aromatic carbocycles. The topological polar surface area (TPSA) is 112 Å². The van der Waals surface area contributed by atoms with E-state index in [0.29, 0.717) is 17.3 Å². The second-order valence-electron chi connectivity index (χ2n) is 7.88. The number of carbonyl (C=O) groups is 1. The molecule has 1 fully saturated rings. The van der Waals surface area contributed by atoms with Crippen LogP contribution in [0, 0.1) is 0 Å². The number of aromatic nitrogens is 2. The van der Waals surface area contributed by atoms with E-state index in [0.717, 1.165) is 50.3 Å². The third-order valence-electron chi connectivity index (χ3n) is 5.78. The highest BCUT2D eigenvalue weighted by atomic mass is 16.5. The van der Waals surface area contributed by atoms with E-state index in [2.05, 4.69) is 16.6 Å². The zero-order valence-electron chi connectivity index (χ0n) is 18.0. The molecular weight excluding hydrogens is 404 g/mol. The van der Waals surface area contributed by atoms with Crippen molar-refractivity contribution in [2.24, 2.45) is 10.7 Å². The minimum atomic E-state index is -0.581. The highest BCUT2D eigenvalue weighted by molar-refractivity contribution is 6.03. The molecule has 0 saturated carbocycles. The molecule has 4 rings (SSSR count). The summed E-state index contributed by atoms with van der Waals surface area (Å²) in [7, 11) is 0. The van der Waals surface area contributed by atoms with E-state index in [4.69, 9.17) is 21.3 Å². The van der Waals surface area contributed by atoms with E-state index in [1.807, 2.05) is 54.6 Å². The summed E-state index contributed by atoms with van der Waals surface area (Å²) in [5, 5.41) is 4.73. The number of likely N-dealkylation sites (tertiary alicyclic amines) is 1. The number of hydrogen-bond donors (Lipinski definition) is 2. The Kier molecular flexibility index (Phi) is 6.51. The summed E-state index contributed by atoms with van der Waals surface area (Å²) in [4.78, 5) is 18.5. The number of carbonyl (C=O) groups excluding carboxylic acids is 1. The van der Waals surface area contributed by atoms with Crippen molar-refractivity contribution >= 4 is 18.4 Å². The molecule has 2 heterocycles. The molecule has 0 unspecified atom stereocenters. The minimum Gasteiger partial charge on any atom is -0.457 e. The Hall–Kier alpha value is -3.65. The first-order valence-corrected chi connectivity index (χ1v) is 10.7. The fourth-order valence-electron chi connectivity index (χ4n) is 4.08. The molecule has 0 aliphatic carbocycles. The number of para-hydroxylation sites is 1. The second-order valence-corrected chi connectivity index (χ2v) is 7.88. The Morgan fingerprint density at radius 1 is 1.09 bits per heavy atom. The van der Waals surface area contributed by atoms with Crippen LogP contribution in [0.3, 0.4) is 0 Å². The van der Waals surface area contributed by atoms with Crippen molar-refractivity contribution in [3.63, 3.8) is 0 Å². The number of nitrogens with zero attached hydrogens (tertiary/aromatic N) is 4. The summed E-state index contributed by atoms with van der Waals surface area (Å²) in [5.74, 6) is 1.18. The van der Waals surface area contributed by atoms with Crippen molar-refractivity contribution in [3.8, 4) is 22.8 Å². The predicted molar refractivity (Wildman–Crippen MR) is 126 cm³/mol. The SMILES string of the molecule is C=NCCN1CCC(n2nc(-c3ccc(Oc4ccccc4)cc3)c(C(N)=O)c2N)CC1. The first-order valence-electron chi connectivity index (χ1n) is 10.7. The van der Waals surface area contributed by atoms with Crippen LogP contribution in [0.15, 0.2) is 59.6 Å². The first kappa shape index (κ1) is 21.6. The van der Waals surface area contributed by atoms with Gasteiger partial charge in [0.05, 0.1) is 12.6 Å². The maximum Gasteiger partial charge on any atom is 0.254 e. The lowest BCUT2D eigenvalue weighted by Gasteiger charge is -2.32. The maximum absolute atomic E-state index is 12.2. The van der Waals surface area contributed by atoms with Crippen molar-refractivity contribution in [1.82, 2.24) is 14.7 Å². The summed E-state index contributed by atoms with van der Waals surface area (Å²) in [6.45, 7) is 7.02. The number of anilines is 1. The molecule has 1 aliphatic heterocycles. The van der Waals surface area contributed by atoms with Gasteiger partial charge < -0.3 is 21.1 Å². The summed E-state index contributed by atoms with van der Waals surface area (Å²) in [5.41, 5.74) is 13.6. The number of primary amides is 1. The van der Waals surface area contributed by atoms with Crippen molar-refractivity contribution in [2.75, 3.05) is 31.9 Å². The van der Waals surface area contributed by atoms with Gasteiger partial charge in [0.25, 0.3) is 5.91 Å². The molecule has 3 aromatic rings. The van der Waals surface area contributed by atoms with Gasteiger partial charge in [0.2, 0.25) is 0 Å². The van der Waals surface area contributed by atoms with Crippen molar-refractivity contribution in [1.29, 1.82) is 0 Å². The molecule has 1 amide bonds. The van der Waals surface area contributed by atoms with Crippen molar-refractivity contribution in [3.05, 3.63) is 60.2 Å². The van der Waals surface area contributed by atoms with E-state index in [9.17, 15) is 4.79 Å². The predicted octanol–water partition coefficient (Wildman–Crippen LogP) is 3.36. The van der Waals surface area contributed by atoms with Gasteiger partial charge >= 0.3 is 0 Å². The molecule has 8 nitrogen and oxygen atoms in total. The van der Waals surface area contributed by atoms with Crippen molar-refractivity contribution in [2.45, 2.75) is 18.9 Å². The minimum absolute atomic E-state index is 0.121. The summed E-state index contributed by atoms with van der Waals surface area (Å²) < 4.78 is 7.62. The van der Waals surface area contributed by atoms with Crippen LogP contribution in [0.2, 0.25) is 0 Å². The van der Waals surface area contributed by atoms with Gasteiger partial charge in [0.1, 0.15) is 28.6 Å². The van der Waals surface area contributed by atoms with Gasteiger partial charge in [-0.3, -0.25) is 9.79 Å². The fourth-order valence-corrected chi connectivity index (χ4v) is 4.08. The molecular formula is C24H28N6O2. The number of benzene rings is 2. The number of aliphatic imine (C=N–C) groups is 1. The van der Waals surface area contributed by atoms with Crippen LogP contribution >= 0.6 is 0 Å². The van der Waals surface area contributed by atoms with Crippen LogP contribution in [-0.2, 0) is 0 Å². The van der Waals surface area contributed by atoms with E-state index in [1.165, 1.54) is 0 Å². The van der Waals surface area contributed by atoms with Crippen LogP contribution in [-0.4, -0.2) is 53.5 Å². The quantitative estimate of drug-likeness (QED) is 0.530. The lowest BCUT2D eigenvalue weighted by molar-refractivity contribution is 0.100. The number of rotatable bonds is 8. The lowest BCUT2D eigenvalue weighted by Crippen LogP contribution is -2.36. The zero-order valence-corrected chi connectivity index (χ0v) is 18.0. The van der Waals surface area contributed by atoms with Crippen LogP contribution in [0.25, 0.3) is 11.3 Å². The molecule has 0 radical (unpaired) electrons. The number of nitrogens with two attached hydrogens (primary N) is 2. The molecule has 1 aromatic heterocycles. The van der Waals surface area contributed by atoms with Crippen LogP contribution in [0.4, 0.5) is 5.82 Å². The Balaban J connectivity index is 1.55. The molecule has 1 saturated heterocycles. The molecule has 166 valence electrons. The summed E-state index contributed by atoms with van der Waals surface area (Å²) >= 11 is 0. The Morgan fingerprint density at radius 3 is 2.38 bits per heavy atom. The average Bonchev–Trinajstić information content (AvgIpc) is 3.16. The average molecular weight is 433 g/mol. The molecule has 8 heteroatoms. The molecule has 4 N–H and O–H groups in total. The van der Waals surface area contributed by atoms with Gasteiger partial charge in [-0.15, -0.1) is 0 Å². The molecule has 0 bridgehead atoms. The summed E-state index contributed by atoms with van der Waals surface area (Å²) in [6.07, 6.45) is 1.79. The Morgan fingerprint density at radius 2 is 1.75 bits per heavy atom. The van der Waals surface area contributed by atoms with E-state index < -0.39 is 5.91 Å². The van der Waals surface area contributed by atoms with E-state index >= 15 is 0 Å². The summed E-state index contributed by atoms with van der Waals surface area (Å²) in [6, 6.07) is 17.1. The van der Waals surface area contributed by atoms with E-state index in [1.54, 1.807) is 4.68 Å². The third kappa shape index (κ3) is 4.65. The zero-order chi connectivity index (χ0) is 22.5. The first-order chi connectivity index (χ1) is 15.6. The van der Waals surface area contributed by atoms with Crippen LogP contribution < -0.4 is 16.2 Å². The van der Waals surface area contributed by atoms with Crippen LogP contribution in [0.1, 0.15) is 29.2 Å². The second kappa shape index (κ2) is 9.65. The highest BCUT2D eigenvalue weighted by Gasteiger charge is 2.28. The normalized spacial score (nSPS) is 14.9. The molecule has 1 aliphatic rings. The van der Waals surface area contributed by atoms with Gasteiger partial charge in [0.15, 0.2) is 0 Å². The Labute approximate surface area is 187 Å².